The Morgan fingerprint density at radius 3 is 1.94 bits per heavy atom. The van der Waals surface area contributed by atoms with E-state index in [4.69, 9.17) is 0 Å². The average Bonchev–Trinajstić information content (AvgIpc) is 2.44. The number of carbonyl (C=O) groups excluding carboxylic acids is 1. The third-order valence-electron chi connectivity index (χ3n) is 2.46. The van der Waals surface area contributed by atoms with Crippen molar-refractivity contribution in [2.45, 2.75) is 11.8 Å². The monoisotopic (exact) mass is 263 g/mol. The summed E-state index contributed by atoms with van der Waals surface area (Å²) < 4.78 is 65.4. The van der Waals surface area contributed by atoms with Gasteiger partial charge >= 0.3 is 11.8 Å². The Labute approximate surface area is 98.1 Å². The number of para-hydroxylation sites is 1. The molecule has 1 aliphatic rings. The predicted octanol–water partition coefficient (Wildman–Crippen LogP) is 3.13. The van der Waals surface area contributed by atoms with Crippen molar-refractivity contribution in [2.75, 3.05) is 5.32 Å². The summed E-state index contributed by atoms with van der Waals surface area (Å²) in [6.45, 7) is 0. The first-order valence-electron chi connectivity index (χ1n) is 4.81. The van der Waals surface area contributed by atoms with Crippen molar-refractivity contribution in [1.82, 2.24) is 0 Å². The number of nitrogens with one attached hydrogen (secondary N) is 1. The van der Waals surface area contributed by atoms with E-state index < -0.39 is 29.2 Å². The molecule has 0 spiro atoms. The maximum absolute atomic E-state index is 13.2. The zero-order chi connectivity index (χ0) is 13.6. The molecular weight excluding hydrogens is 257 g/mol. The van der Waals surface area contributed by atoms with Gasteiger partial charge in [0.25, 0.3) is 5.78 Å². The average molecular weight is 263 g/mol. The summed E-state index contributed by atoms with van der Waals surface area (Å²) in [5, 5.41) is 1.82. The van der Waals surface area contributed by atoms with Crippen LogP contribution in [0.1, 0.15) is 0 Å². The minimum atomic E-state index is -5.06. The molecule has 0 aliphatic heterocycles. The van der Waals surface area contributed by atoms with Crippen LogP contribution in [0.25, 0.3) is 0 Å². The van der Waals surface area contributed by atoms with Crippen LogP contribution in [0.4, 0.5) is 27.6 Å². The van der Waals surface area contributed by atoms with Gasteiger partial charge in [0.2, 0.25) is 0 Å². The molecule has 0 bridgehead atoms. The van der Waals surface area contributed by atoms with Crippen LogP contribution in [0.3, 0.4) is 0 Å². The van der Waals surface area contributed by atoms with E-state index in [1.54, 1.807) is 6.07 Å². The van der Waals surface area contributed by atoms with Crippen LogP contribution < -0.4 is 5.32 Å². The van der Waals surface area contributed by atoms with Crippen LogP contribution in [0, 0.1) is 0 Å². The van der Waals surface area contributed by atoms with E-state index in [0.717, 1.165) is 0 Å². The van der Waals surface area contributed by atoms with Crippen LogP contribution >= 0.6 is 0 Å². The lowest BCUT2D eigenvalue weighted by atomic mass is 10.2. The molecule has 1 N–H and O–H groups in total. The Morgan fingerprint density at radius 1 is 0.944 bits per heavy atom. The number of alkyl halides is 4. The van der Waals surface area contributed by atoms with E-state index in [1.807, 2.05) is 5.32 Å². The lowest BCUT2D eigenvalue weighted by Gasteiger charge is -2.20. The van der Waals surface area contributed by atoms with Gasteiger partial charge in [0.15, 0.2) is 5.83 Å². The molecule has 18 heavy (non-hydrogen) atoms. The Hall–Kier alpha value is -1.92. The SMILES string of the molecule is O=C1C(F)=C(Nc2ccccc2)C(F)(F)C1(F)F. The molecule has 7 heteroatoms. The van der Waals surface area contributed by atoms with Crippen molar-refractivity contribution in [1.29, 1.82) is 0 Å². The standard InChI is InChI=1S/C11H6F5NO/c12-7-8(17-6-4-2-1-3-5-6)10(13,14)11(15,16)9(7)18/h1-5,17H. The second kappa shape index (κ2) is 3.79. The number of benzene rings is 1. The molecule has 0 saturated heterocycles. The maximum atomic E-state index is 13.2. The number of ketones is 1. The topological polar surface area (TPSA) is 29.1 Å². The highest BCUT2D eigenvalue weighted by Crippen LogP contribution is 2.49. The first kappa shape index (κ1) is 12.5. The number of halogens is 5. The molecule has 0 amide bonds. The molecule has 1 aliphatic carbocycles. The smallest absolute Gasteiger partial charge is 0.351 e. The third-order valence-corrected chi connectivity index (χ3v) is 2.46. The van der Waals surface area contributed by atoms with Gasteiger partial charge in [0, 0.05) is 5.69 Å². The third kappa shape index (κ3) is 1.58. The summed E-state index contributed by atoms with van der Waals surface area (Å²) in [5.74, 6) is -14.6. The van der Waals surface area contributed by atoms with E-state index in [-0.39, 0.29) is 5.69 Å². The first-order valence-corrected chi connectivity index (χ1v) is 4.81. The fourth-order valence-corrected chi connectivity index (χ4v) is 1.49. The zero-order valence-electron chi connectivity index (χ0n) is 8.68. The number of allylic oxidation sites excluding steroid dienone is 2. The van der Waals surface area contributed by atoms with Crippen molar-refractivity contribution in [2.24, 2.45) is 0 Å². The minimum absolute atomic E-state index is 0.0205. The Morgan fingerprint density at radius 2 is 1.50 bits per heavy atom. The normalized spacial score (nSPS) is 21.3. The highest BCUT2D eigenvalue weighted by Gasteiger charge is 2.71. The number of hydrogen-bond donors (Lipinski definition) is 1. The maximum Gasteiger partial charge on any atom is 0.380 e. The van der Waals surface area contributed by atoms with E-state index in [2.05, 4.69) is 0 Å². The van der Waals surface area contributed by atoms with Gasteiger partial charge < -0.3 is 5.32 Å². The lowest BCUT2D eigenvalue weighted by Crippen LogP contribution is -2.43. The number of rotatable bonds is 2. The molecule has 1 aromatic carbocycles. The highest BCUT2D eigenvalue weighted by atomic mass is 19.3. The van der Waals surface area contributed by atoms with Gasteiger partial charge in [-0.3, -0.25) is 4.79 Å². The lowest BCUT2D eigenvalue weighted by molar-refractivity contribution is -0.182. The number of carbonyl (C=O) groups is 1. The van der Waals surface area contributed by atoms with Gasteiger partial charge in [-0.25, -0.2) is 4.39 Å². The summed E-state index contributed by atoms with van der Waals surface area (Å²) in [4.78, 5) is 10.7. The Balaban J connectivity index is 2.41. The molecule has 0 radical (unpaired) electrons. The van der Waals surface area contributed by atoms with Crippen molar-refractivity contribution < 1.29 is 26.7 Å². The van der Waals surface area contributed by atoms with E-state index in [0.29, 0.717) is 0 Å². The quantitative estimate of drug-likeness (QED) is 0.830. The molecule has 0 aromatic heterocycles. The predicted molar refractivity (Wildman–Crippen MR) is 53.1 cm³/mol. The highest BCUT2D eigenvalue weighted by molar-refractivity contribution is 6.04. The molecule has 0 atom stereocenters. The summed E-state index contributed by atoms with van der Waals surface area (Å²) >= 11 is 0. The number of anilines is 1. The second-order valence-electron chi connectivity index (χ2n) is 3.66. The summed E-state index contributed by atoms with van der Waals surface area (Å²) in [6.07, 6.45) is 0. The fraction of sp³-hybridized carbons (Fsp3) is 0.182. The van der Waals surface area contributed by atoms with E-state index in [9.17, 15) is 26.7 Å². The fourth-order valence-electron chi connectivity index (χ4n) is 1.49. The van der Waals surface area contributed by atoms with Gasteiger partial charge in [-0.05, 0) is 12.1 Å². The Bertz CT molecular complexity index is 523. The molecule has 0 saturated carbocycles. The molecule has 1 aromatic rings. The molecule has 0 heterocycles. The zero-order valence-corrected chi connectivity index (χ0v) is 8.68. The second-order valence-corrected chi connectivity index (χ2v) is 3.66. The molecule has 2 nitrogen and oxygen atoms in total. The van der Waals surface area contributed by atoms with E-state index in [1.165, 1.54) is 24.3 Å². The van der Waals surface area contributed by atoms with Crippen molar-refractivity contribution >= 4 is 11.5 Å². The molecule has 0 unspecified atom stereocenters. The van der Waals surface area contributed by atoms with Crippen LogP contribution in [0.5, 0.6) is 0 Å². The van der Waals surface area contributed by atoms with Crippen LogP contribution in [-0.4, -0.2) is 17.6 Å². The minimum Gasteiger partial charge on any atom is -0.351 e. The van der Waals surface area contributed by atoms with Crippen LogP contribution in [-0.2, 0) is 4.79 Å². The summed E-state index contributed by atoms with van der Waals surface area (Å²) in [5.41, 5.74) is -1.73. The summed E-state index contributed by atoms with van der Waals surface area (Å²) in [7, 11) is 0. The van der Waals surface area contributed by atoms with Crippen molar-refractivity contribution in [3.05, 3.63) is 41.9 Å². The largest absolute Gasteiger partial charge is 0.380 e. The van der Waals surface area contributed by atoms with Crippen molar-refractivity contribution in [3.8, 4) is 0 Å². The first-order chi connectivity index (χ1) is 8.28. The molecule has 96 valence electrons. The van der Waals surface area contributed by atoms with Crippen LogP contribution in [0.2, 0.25) is 0 Å². The van der Waals surface area contributed by atoms with Gasteiger partial charge in [-0.2, -0.15) is 17.6 Å². The number of Topliss-reactive ketones (excluding diaryl/α,β-unsaturated/α-hetero) is 1. The van der Waals surface area contributed by atoms with Gasteiger partial charge in [0.1, 0.15) is 5.70 Å². The van der Waals surface area contributed by atoms with Gasteiger partial charge in [-0.15, -0.1) is 0 Å². The molecule has 0 fully saturated rings. The molecular formula is C11H6F5NO. The van der Waals surface area contributed by atoms with Crippen molar-refractivity contribution in [3.63, 3.8) is 0 Å². The van der Waals surface area contributed by atoms with Gasteiger partial charge in [-0.1, -0.05) is 18.2 Å². The van der Waals surface area contributed by atoms with E-state index >= 15 is 0 Å². The molecule has 2 rings (SSSR count). The number of hydrogen-bond acceptors (Lipinski definition) is 2. The Kier molecular flexibility index (Phi) is 2.64. The summed E-state index contributed by atoms with van der Waals surface area (Å²) in [6, 6.07) is 6.98. The van der Waals surface area contributed by atoms with Gasteiger partial charge in [0.05, 0.1) is 0 Å². The van der Waals surface area contributed by atoms with Crippen LogP contribution in [0.15, 0.2) is 41.9 Å².